The molecule has 3 aliphatic rings. The number of amides is 1. The Kier molecular flexibility index (Phi) is 4.18. The van der Waals surface area contributed by atoms with Crippen LogP contribution in [0.4, 0.5) is 0 Å². The summed E-state index contributed by atoms with van der Waals surface area (Å²) in [4.78, 5) is 19.2. The van der Waals surface area contributed by atoms with Crippen LogP contribution in [0.5, 0.6) is 0 Å². The first-order chi connectivity index (χ1) is 10.0. The highest BCUT2D eigenvalue weighted by Crippen LogP contribution is 2.28. The number of aromatic nitrogens is 1. The summed E-state index contributed by atoms with van der Waals surface area (Å²) in [6, 6.07) is 3.78. The molecule has 0 saturated carbocycles. The number of halogens is 1. The molecule has 3 aliphatic heterocycles. The Morgan fingerprint density at radius 2 is 2.10 bits per heavy atom. The number of piperidine rings is 3. The molecule has 1 unspecified atom stereocenters. The van der Waals surface area contributed by atoms with Crippen molar-refractivity contribution in [2.24, 2.45) is 5.92 Å². The summed E-state index contributed by atoms with van der Waals surface area (Å²) >= 11 is 6.04. The summed E-state index contributed by atoms with van der Waals surface area (Å²) in [7, 11) is 0. The van der Waals surface area contributed by atoms with Crippen LogP contribution < -0.4 is 5.32 Å². The number of hydrogen-bond donors (Lipinski definition) is 1. The van der Waals surface area contributed by atoms with Crippen LogP contribution in [0.2, 0.25) is 5.15 Å². The molecule has 0 radical (unpaired) electrons. The number of pyridine rings is 1. The van der Waals surface area contributed by atoms with Crippen LogP contribution in [-0.2, 0) is 0 Å². The zero-order valence-electron chi connectivity index (χ0n) is 12.6. The molecule has 114 valence electrons. The van der Waals surface area contributed by atoms with Gasteiger partial charge in [0.15, 0.2) is 0 Å². The average Bonchev–Trinajstić information content (AvgIpc) is 2.47. The molecule has 4 nitrogen and oxygen atoms in total. The van der Waals surface area contributed by atoms with Gasteiger partial charge in [-0.3, -0.25) is 4.79 Å². The van der Waals surface area contributed by atoms with Crippen molar-refractivity contribution < 1.29 is 4.79 Å². The number of nitrogens with one attached hydrogen (secondary N) is 1. The first kappa shape index (κ1) is 14.8. The van der Waals surface area contributed by atoms with Gasteiger partial charge in [0.2, 0.25) is 0 Å². The number of fused-ring (bicyclic) bond motifs is 3. The molecule has 4 rings (SSSR count). The van der Waals surface area contributed by atoms with Crippen LogP contribution in [0.25, 0.3) is 0 Å². The molecular weight excluding hydrogens is 286 g/mol. The van der Waals surface area contributed by atoms with E-state index in [4.69, 9.17) is 11.6 Å². The smallest absolute Gasteiger partial charge is 0.251 e. The van der Waals surface area contributed by atoms with Crippen LogP contribution in [0, 0.1) is 5.92 Å². The van der Waals surface area contributed by atoms with Crippen molar-refractivity contribution >= 4 is 17.5 Å². The van der Waals surface area contributed by atoms with E-state index in [0.29, 0.717) is 16.6 Å². The molecule has 4 heterocycles. The van der Waals surface area contributed by atoms with Gasteiger partial charge >= 0.3 is 0 Å². The van der Waals surface area contributed by atoms with Crippen molar-refractivity contribution in [3.63, 3.8) is 0 Å². The van der Waals surface area contributed by atoms with Crippen molar-refractivity contribution in [1.82, 2.24) is 15.2 Å². The zero-order valence-corrected chi connectivity index (χ0v) is 13.4. The van der Waals surface area contributed by atoms with Gasteiger partial charge in [-0.15, -0.1) is 0 Å². The van der Waals surface area contributed by atoms with Gasteiger partial charge in [0.25, 0.3) is 5.91 Å². The molecular formula is C16H22ClN3O. The maximum atomic E-state index is 12.5. The molecule has 1 N–H and O–H groups in total. The first-order valence-corrected chi connectivity index (χ1v) is 8.11. The van der Waals surface area contributed by atoms with Crippen LogP contribution in [0.15, 0.2) is 12.1 Å². The molecule has 3 saturated heterocycles. The third-order valence-corrected chi connectivity index (χ3v) is 4.83. The predicted octanol–water partition coefficient (Wildman–Crippen LogP) is 2.68. The topological polar surface area (TPSA) is 45.2 Å². The molecule has 21 heavy (non-hydrogen) atoms. The number of carbonyl (C=O) groups is 1. The lowest BCUT2D eigenvalue weighted by Gasteiger charge is -2.44. The van der Waals surface area contributed by atoms with E-state index in [9.17, 15) is 4.79 Å². The summed E-state index contributed by atoms with van der Waals surface area (Å²) in [5.74, 6) is 0.854. The van der Waals surface area contributed by atoms with E-state index >= 15 is 0 Å². The zero-order chi connectivity index (χ0) is 15.0. The van der Waals surface area contributed by atoms with E-state index in [0.717, 1.165) is 12.2 Å². The van der Waals surface area contributed by atoms with Gasteiger partial charge in [-0.1, -0.05) is 25.4 Å². The van der Waals surface area contributed by atoms with Crippen LogP contribution in [-0.4, -0.2) is 41.5 Å². The maximum absolute atomic E-state index is 12.5. The highest BCUT2D eigenvalue weighted by atomic mass is 35.5. The Labute approximate surface area is 130 Å². The van der Waals surface area contributed by atoms with Gasteiger partial charge < -0.3 is 10.2 Å². The van der Waals surface area contributed by atoms with Gasteiger partial charge in [0.05, 0.1) is 0 Å². The SMILES string of the molecule is CC(C)c1cc(C(=O)NC2CN3CCC2CC3)cc(Cl)n1. The molecule has 5 heteroatoms. The maximum Gasteiger partial charge on any atom is 0.251 e. The van der Waals surface area contributed by atoms with E-state index in [-0.39, 0.29) is 17.9 Å². The van der Waals surface area contributed by atoms with Crippen LogP contribution >= 0.6 is 11.6 Å². The van der Waals surface area contributed by atoms with Crippen molar-refractivity contribution in [2.45, 2.75) is 38.6 Å². The lowest BCUT2D eigenvalue weighted by molar-refractivity contribution is 0.0620. The molecule has 2 bridgehead atoms. The van der Waals surface area contributed by atoms with Gasteiger partial charge in [0.1, 0.15) is 5.15 Å². The molecule has 0 aromatic carbocycles. The summed E-state index contributed by atoms with van der Waals surface area (Å²) in [5.41, 5.74) is 1.48. The summed E-state index contributed by atoms with van der Waals surface area (Å²) in [5, 5.41) is 3.58. The standard InChI is InChI=1S/C16H22ClN3O/c1-10(2)13-7-12(8-15(17)18-13)16(21)19-14-9-20-5-3-11(14)4-6-20/h7-8,10-11,14H,3-6,9H2,1-2H3,(H,19,21). The third-order valence-electron chi connectivity index (χ3n) is 4.64. The van der Waals surface area contributed by atoms with Gasteiger partial charge in [-0.2, -0.15) is 0 Å². The predicted molar refractivity (Wildman–Crippen MR) is 83.8 cm³/mol. The summed E-state index contributed by atoms with van der Waals surface area (Å²) in [6.07, 6.45) is 2.39. The minimum absolute atomic E-state index is 0.0278. The number of rotatable bonds is 3. The molecule has 0 aliphatic carbocycles. The van der Waals surface area contributed by atoms with Crippen molar-refractivity contribution in [1.29, 1.82) is 0 Å². The molecule has 0 spiro atoms. The number of nitrogens with zero attached hydrogens (tertiary/aromatic N) is 2. The largest absolute Gasteiger partial charge is 0.348 e. The fourth-order valence-corrected chi connectivity index (χ4v) is 3.54. The van der Waals surface area contributed by atoms with Gasteiger partial charge in [-0.25, -0.2) is 4.98 Å². The molecule has 1 amide bonds. The monoisotopic (exact) mass is 307 g/mol. The number of carbonyl (C=O) groups excluding carboxylic acids is 1. The van der Waals surface area contributed by atoms with Crippen LogP contribution in [0.3, 0.4) is 0 Å². The third kappa shape index (κ3) is 3.22. The van der Waals surface area contributed by atoms with Crippen molar-refractivity contribution in [3.8, 4) is 0 Å². The Morgan fingerprint density at radius 3 is 2.67 bits per heavy atom. The van der Waals surface area contributed by atoms with Gasteiger partial charge in [0, 0.05) is 23.8 Å². The summed E-state index contributed by atoms with van der Waals surface area (Å²) in [6.45, 7) is 7.43. The Hall–Kier alpha value is -1.13. The fourth-order valence-electron chi connectivity index (χ4n) is 3.32. The van der Waals surface area contributed by atoms with Crippen molar-refractivity contribution in [3.05, 3.63) is 28.5 Å². The number of hydrogen-bond acceptors (Lipinski definition) is 3. The van der Waals surface area contributed by atoms with E-state index < -0.39 is 0 Å². The van der Waals surface area contributed by atoms with E-state index in [1.54, 1.807) is 6.07 Å². The summed E-state index contributed by atoms with van der Waals surface area (Å²) < 4.78 is 0. The second-order valence-corrected chi connectivity index (χ2v) is 6.86. The average molecular weight is 308 g/mol. The quantitative estimate of drug-likeness (QED) is 0.873. The van der Waals surface area contributed by atoms with Crippen molar-refractivity contribution in [2.75, 3.05) is 19.6 Å². The molecule has 1 aromatic heterocycles. The van der Waals surface area contributed by atoms with E-state index in [1.165, 1.54) is 25.9 Å². The second kappa shape index (κ2) is 5.93. The Balaban J connectivity index is 1.73. The normalized spacial score (nSPS) is 27.9. The fraction of sp³-hybridized carbons (Fsp3) is 0.625. The second-order valence-electron chi connectivity index (χ2n) is 6.48. The first-order valence-electron chi connectivity index (χ1n) is 7.73. The Bertz CT molecular complexity index is 538. The van der Waals surface area contributed by atoms with Crippen LogP contribution in [0.1, 0.15) is 48.7 Å². The highest BCUT2D eigenvalue weighted by Gasteiger charge is 2.35. The lowest BCUT2D eigenvalue weighted by atomic mass is 9.84. The Morgan fingerprint density at radius 1 is 1.38 bits per heavy atom. The van der Waals surface area contributed by atoms with Gasteiger partial charge in [-0.05, 0) is 49.9 Å². The molecule has 3 fully saturated rings. The molecule has 1 aromatic rings. The minimum Gasteiger partial charge on any atom is -0.348 e. The molecule has 1 atom stereocenters. The minimum atomic E-state index is -0.0278. The van der Waals surface area contributed by atoms with E-state index in [1.807, 2.05) is 19.9 Å². The lowest BCUT2D eigenvalue weighted by Crippen LogP contribution is -2.57. The highest BCUT2D eigenvalue weighted by molar-refractivity contribution is 6.29. The van der Waals surface area contributed by atoms with E-state index in [2.05, 4.69) is 15.2 Å².